The summed E-state index contributed by atoms with van der Waals surface area (Å²) >= 11 is 0. The molecule has 0 aromatic heterocycles. The van der Waals surface area contributed by atoms with E-state index in [2.05, 4.69) is 0 Å². The molecule has 4 N–H and O–H groups in total. The summed E-state index contributed by atoms with van der Waals surface area (Å²) in [4.78, 5) is 0. The summed E-state index contributed by atoms with van der Waals surface area (Å²) in [5.74, 6) is -0.0589. The van der Waals surface area contributed by atoms with Crippen LogP contribution in [0.2, 0.25) is 0 Å². The highest BCUT2D eigenvalue weighted by molar-refractivity contribution is 5.43. The van der Waals surface area contributed by atoms with Gasteiger partial charge in [0.1, 0.15) is 0 Å². The van der Waals surface area contributed by atoms with Crippen LogP contribution in [0.15, 0.2) is 36.4 Å². The van der Waals surface area contributed by atoms with E-state index in [0.717, 1.165) is 5.56 Å². The summed E-state index contributed by atoms with van der Waals surface area (Å²) in [6.07, 6.45) is -1.47. The molecule has 146 valence electrons. The first-order chi connectivity index (χ1) is 12.9. The quantitative estimate of drug-likeness (QED) is 0.610. The zero-order valence-corrected chi connectivity index (χ0v) is 15.2. The molecule has 3 rings (SSSR count). The summed E-state index contributed by atoms with van der Waals surface area (Å²) < 4.78 is 15.6. The Kier molecular flexibility index (Phi) is 5.74. The molecule has 1 fully saturated rings. The molecule has 1 aliphatic rings. The summed E-state index contributed by atoms with van der Waals surface area (Å²) in [7, 11) is 2.91. The second kappa shape index (κ2) is 8.04. The van der Waals surface area contributed by atoms with Gasteiger partial charge in [0, 0.05) is 11.8 Å². The maximum absolute atomic E-state index is 10.8. The Morgan fingerprint density at radius 3 is 2.33 bits per heavy atom. The van der Waals surface area contributed by atoms with E-state index in [4.69, 9.17) is 14.2 Å². The van der Waals surface area contributed by atoms with Gasteiger partial charge in [0.2, 0.25) is 0 Å². The van der Waals surface area contributed by atoms with Crippen molar-refractivity contribution in [2.75, 3.05) is 20.8 Å². The van der Waals surface area contributed by atoms with Gasteiger partial charge < -0.3 is 34.6 Å². The molecule has 0 saturated carbocycles. The number of aromatic hydroxyl groups is 2. The number of benzene rings is 2. The lowest BCUT2D eigenvalue weighted by atomic mass is 9.82. The van der Waals surface area contributed by atoms with Crippen LogP contribution in [0.3, 0.4) is 0 Å². The van der Waals surface area contributed by atoms with Crippen LogP contribution in [0.5, 0.6) is 23.0 Å². The van der Waals surface area contributed by atoms with Crippen molar-refractivity contribution in [2.24, 2.45) is 11.8 Å². The van der Waals surface area contributed by atoms with Gasteiger partial charge in [-0.1, -0.05) is 12.1 Å². The molecule has 4 atom stereocenters. The first-order valence-electron chi connectivity index (χ1n) is 8.65. The Morgan fingerprint density at radius 2 is 1.67 bits per heavy atom. The van der Waals surface area contributed by atoms with Crippen molar-refractivity contribution >= 4 is 0 Å². The Labute approximate surface area is 157 Å². The third-order valence-corrected chi connectivity index (χ3v) is 5.04. The third kappa shape index (κ3) is 3.95. The number of ether oxygens (including phenoxy) is 3. The van der Waals surface area contributed by atoms with Gasteiger partial charge in [0.15, 0.2) is 29.3 Å². The zero-order chi connectivity index (χ0) is 19.6. The maximum Gasteiger partial charge on any atom is 0.160 e. The van der Waals surface area contributed by atoms with Gasteiger partial charge in [-0.15, -0.1) is 0 Å². The van der Waals surface area contributed by atoms with Gasteiger partial charge >= 0.3 is 0 Å². The number of aliphatic hydroxyl groups excluding tert-OH is 2. The van der Waals surface area contributed by atoms with Crippen molar-refractivity contribution in [1.82, 2.24) is 0 Å². The molecule has 1 aliphatic heterocycles. The second-order valence-corrected chi connectivity index (χ2v) is 6.64. The van der Waals surface area contributed by atoms with Gasteiger partial charge in [-0.2, -0.15) is 0 Å². The Balaban J connectivity index is 1.82. The van der Waals surface area contributed by atoms with Gasteiger partial charge in [-0.25, -0.2) is 0 Å². The molecular weight excluding hydrogens is 352 g/mol. The average molecular weight is 376 g/mol. The highest BCUT2D eigenvalue weighted by Crippen LogP contribution is 2.40. The number of rotatable bonds is 6. The monoisotopic (exact) mass is 376 g/mol. The molecule has 2 aromatic rings. The first kappa shape index (κ1) is 19.3. The summed E-state index contributed by atoms with van der Waals surface area (Å²) in [6.45, 7) is 0.200. The molecule has 0 radical (unpaired) electrons. The number of phenolic OH excluding ortho intramolecular Hbond substituents is 2. The third-order valence-electron chi connectivity index (χ3n) is 5.04. The molecule has 1 unspecified atom stereocenters. The summed E-state index contributed by atoms with van der Waals surface area (Å²) in [6, 6.07) is 9.64. The van der Waals surface area contributed by atoms with Crippen molar-refractivity contribution < 1.29 is 34.6 Å². The van der Waals surface area contributed by atoms with E-state index in [9.17, 15) is 20.4 Å². The SMILES string of the molecule is COc1cc(C[C@H]2C(O)OC[C@@H]2[C@H](O)c2ccc(O)c(OC)c2)ccc1O. The first-order valence-corrected chi connectivity index (χ1v) is 8.65. The van der Waals surface area contributed by atoms with E-state index in [1.807, 2.05) is 0 Å². The molecule has 27 heavy (non-hydrogen) atoms. The second-order valence-electron chi connectivity index (χ2n) is 6.64. The smallest absolute Gasteiger partial charge is 0.160 e. The molecule has 2 aromatic carbocycles. The minimum atomic E-state index is -1.01. The van der Waals surface area contributed by atoms with Crippen LogP contribution < -0.4 is 9.47 Å². The summed E-state index contributed by atoms with van der Waals surface area (Å²) in [5.41, 5.74) is 1.42. The number of hydrogen-bond acceptors (Lipinski definition) is 7. The van der Waals surface area contributed by atoms with Crippen LogP contribution in [-0.4, -0.2) is 47.5 Å². The minimum Gasteiger partial charge on any atom is -0.504 e. The zero-order valence-electron chi connectivity index (χ0n) is 15.2. The van der Waals surface area contributed by atoms with Gasteiger partial charge in [-0.3, -0.25) is 0 Å². The molecule has 0 spiro atoms. The fraction of sp³-hybridized carbons (Fsp3) is 0.400. The van der Waals surface area contributed by atoms with Crippen LogP contribution in [0.4, 0.5) is 0 Å². The normalized spacial score (nSPS) is 23.2. The van der Waals surface area contributed by atoms with Crippen molar-refractivity contribution in [3.63, 3.8) is 0 Å². The molecule has 7 heteroatoms. The molecule has 0 amide bonds. The van der Waals surface area contributed by atoms with Gasteiger partial charge in [0.05, 0.1) is 26.9 Å². The predicted molar refractivity (Wildman–Crippen MR) is 96.9 cm³/mol. The van der Waals surface area contributed by atoms with E-state index < -0.39 is 12.4 Å². The van der Waals surface area contributed by atoms with Crippen molar-refractivity contribution in [3.8, 4) is 23.0 Å². The number of methoxy groups -OCH3 is 2. The van der Waals surface area contributed by atoms with E-state index in [-0.39, 0.29) is 35.7 Å². The Morgan fingerprint density at radius 1 is 1.04 bits per heavy atom. The fourth-order valence-electron chi connectivity index (χ4n) is 3.49. The van der Waals surface area contributed by atoms with Crippen LogP contribution in [0.25, 0.3) is 0 Å². The molecular formula is C20H24O7. The van der Waals surface area contributed by atoms with E-state index in [1.165, 1.54) is 26.4 Å². The predicted octanol–water partition coefficient (Wildman–Crippen LogP) is 1.97. The topological polar surface area (TPSA) is 109 Å². The molecule has 7 nitrogen and oxygen atoms in total. The average Bonchev–Trinajstić information content (AvgIpc) is 3.03. The highest BCUT2D eigenvalue weighted by atomic mass is 16.6. The Hall–Kier alpha value is -2.48. The Bertz CT molecular complexity index is 792. The van der Waals surface area contributed by atoms with E-state index in [0.29, 0.717) is 17.7 Å². The fourth-order valence-corrected chi connectivity index (χ4v) is 3.49. The van der Waals surface area contributed by atoms with Gasteiger partial charge in [0.25, 0.3) is 0 Å². The maximum atomic E-state index is 10.8. The molecule has 0 aliphatic carbocycles. The standard InChI is InChI=1S/C20H24O7/c1-25-17-8-11(3-5-15(17)21)7-13-14(10-27-20(13)24)19(23)12-4-6-16(22)18(9-12)26-2/h3-6,8-9,13-14,19-24H,7,10H2,1-2H3/t13-,14+,19-,20?/m1/s1. The highest BCUT2D eigenvalue weighted by Gasteiger charge is 2.41. The van der Waals surface area contributed by atoms with Gasteiger partial charge in [-0.05, 0) is 41.8 Å². The van der Waals surface area contributed by atoms with Crippen LogP contribution >= 0.6 is 0 Å². The van der Waals surface area contributed by atoms with Crippen molar-refractivity contribution in [3.05, 3.63) is 47.5 Å². The van der Waals surface area contributed by atoms with E-state index in [1.54, 1.807) is 24.3 Å². The van der Waals surface area contributed by atoms with Crippen molar-refractivity contribution in [1.29, 1.82) is 0 Å². The minimum absolute atomic E-state index is 0.0103. The van der Waals surface area contributed by atoms with Crippen LogP contribution in [-0.2, 0) is 11.2 Å². The van der Waals surface area contributed by atoms with E-state index >= 15 is 0 Å². The lowest BCUT2D eigenvalue weighted by molar-refractivity contribution is -0.0823. The number of hydrogen-bond donors (Lipinski definition) is 4. The number of phenols is 2. The van der Waals surface area contributed by atoms with Crippen LogP contribution in [0, 0.1) is 11.8 Å². The summed E-state index contributed by atoms with van der Waals surface area (Å²) in [5, 5.41) is 40.6. The molecule has 1 saturated heterocycles. The molecule has 0 bridgehead atoms. The van der Waals surface area contributed by atoms with Crippen LogP contribution in [0.1, 0.15) is 17.2 Å². The molecule has 1 heterocycles. The lowest BCUT2D eigenvalue weighted by Crippen LogP contribution is -2.27. The largest absolute Gasteiger partial charge is 0.504 e. The number of aliphatic hydroxyl groups is 2. The van der Waals surface area contributed by atoms with Crippen molar-refractivity contribution in [2.45, 2.75) is 18.8 Å². The lowest BCUT2D eigenvalue weighted by Gasteiger charge is -2.25.